The van der Waals surface area contributed by atoms with Crippen LogP contribution in [-0.2, 0) is 0 Å². The summed E-state index contributed by atoms with van der Waals surface area (Å²) in [6.07, 6.45) is 0. The predicted octanol–water partition coefficient (Wildman–Crippen LogP) is 3.21. The SMILES string of the molecule is COc1nc(-c2ccccc2)cc2c(C)noc12. The number of hydrogen-bond acceptors (Lipinski definition) is 4. The molecule has 90 valence electrons. The van der Waals surface area contributed by atoms with E-state index in [-0.39, 0.29) is 0 Å². The van der Waals surface area contributed by atoms with Gasteiger partial charge >= 0.3 is 0 Å². The van der Waals surface area contributed by atoms with Crippen LogP contribution in [0, 0.1) is 6.92 Å². The molecule has 3 rings (SSSR count). The molecule has 4 nitrogen and oxygen atoms in total. The van der Waals surface area contributed by atoms with Gasteiger partial charge in [0.05, 0.1) is 23.9 Å². The maximum atomic E-state index is 5.26. The molecule has 4 heteroatoms. The summed E-state index contributed by atoms with van der Waals surface area (Å²) in [5.74, 6) is 0.465. The number of aromatic nitrogens is 2. The van der Waals surface area contributed by atoms with Gasteiger partial charge in [-0.2, -0.15) is 0 Å². The molecule has 0 N–H and O–H groups in total. The Morgan fingerprint density at radius 1 is 1.17 bits per heavy atom. The zero-order valence-corrected chi connectivity index (χ0v) is 10.2. The molecule has 1 aromatic carbocycles. The first-order valence-electron chi connectivity index (χ1n) is 5.66. The number of pyridine rings is 1. The first-order valence-corrected chi connectivity index (χ1v) is 5.66. The Kier molecular flexibility index (Phi) is 2.48. The fraction of sp³-hybridized carbons (Fsp3) is 0.143. The van der Waals surface area contributed by atoms with Crippen LogP contribution in [0.1, 0.15) is 5.69 Å². The number of methoxy groups -OCH3 is 1. The van der Waals surface area contributed by atoms with Crippen LogP contribution >= 0.6 is 0 Å². The second-order valence-electron chi connectivity index (χ2n) is 4.03. The smallest absolute Gasteiger partial charge is 0.261 e. The first kappa shape index (κ1) is 10.8. The van der Waals surface area contributed by atoms with Gasteiger partial charge in [-0.05, 0) is 13.0 Å². The molecule has 0 aliphatic rings. The van der Waals surface area contributed by atoms with Crippen molar-refractivity contribution in [3.8, 4) is 17.1 Å². The molecular weight excluding hydrogens is 228 g/mol. The van der Waals surface area contributed by atoms with Gasteiger partial charge in [0.2, 0.25) is 5.58 Å². The van der Waals surface area contributed by atoms with Gasteiger partial charge in [0.15, 0.2) is 0 Å². The molecule has 0 atom stereocenters. The molecule has 0 bridgehead atoms. The van der Waals surface area contributed by atoms with Gasteiger partial charge < -0.3 is 9.26 Å². The van der Waals surface area contributed by atoms with Crippen molar-refractivity contribution in [3.63, 3.8) is 0 Å². The summed E-state index contributed by atoms with van der Waals surface area (Å²) >= 11 is 0. The van der Waals surface area contributed by atoms with E-state index in [4.69, 9.17) is 9.26 Å². The fourth-order valence-corrected chi connectivity index (χ4v) is 1.93. The van der Waals surface area contributed by atoms with E-state index < -0.39 is 0 Å². The normalized spacial score (nSPS) is 10.8. The van der Waals surface area contributed by atoms with Gasteiger partial charge in [-0.15, -0.1) is 0 Å². The van der Waals surface area contributed by atoms with Crippen LogP contribution in [0.3, 0.4) is 0 Å². The van der Waals surface area contributed by atoms with Crippen LogP contribution in [0.15, 0.2) is 40.9 Å². The second kappa shape index (κ2) is 4.14. The van der Waals surface area contributed by atoms with E-state index in [2.05, 4.69) is 10.1 Å². The van der Waals surface area contributed by atoms with Crippen LogP contribution in [0.25, 0.3) is 22.2 Å². The van der Waals surface area contributed by atoms with Gasteiger partial charge in [-0.3, -0.25) is 0 Å². The monoisotopic (exact) mass is 240 g/mol. The Balaban J connectivity index is 2.28. The minimum Gasteiger partial charge on any atom is -0.478 e. The second-order valence-corrected chi connectivity index (χ2v) is 4.03. The maximum absolute atomic E-state index is 5.26. The lowest BCUT2D eigenvalue weighted by molar-refractivity contribution is 0.379. The van der Waals surface area contributed by atoms with Crippen molar-refractivity contribution in [1.82, 2.24) is 10.1 Å². The zero-order chi connectivity index (χ0) is 12.5. The molecule has 0 spiro atoms. The molecule has 0 unspecified atom stereocenters. The van der Waals surface area contributed by atoms with Gasteiger partial charge in [0.1, 0.15) is 0 Å². The molecule has 0 fully saturated rings. The van der Waals surface area contributed by atoms with Crippen LogP contribution < -0.4 is 4.74 Å². The number of aryl methyl sites for hydroxylation is 1. The molecule has 0 saturated heterocycles. The van der Waals surface area contributed by atoms with Crippen molar-refractivity contribution >= 4 is 11.0 Å². The number of ether oxygens (including phenoxy) is 1. The average Bonchev–Trinajstić information content (AvgIpc) is 2.81. The fourth-order valence-electron chi connectivity index (χ4n) is 1.93. The minimum absolute atomic E-state index is 0.465. The van der Waals surface area contributed by atoms with Crippen molar-refractivity contribution in [2.75, 3.05) is 7.11 Å². The van der Waals surface area contributed by atoms with Crippen molar-refractivity contribution in [1.29, 1.82) is 0 Å². The van der Waals surface area contributed by atoms with Crippen LogP contribution in [0.5, 0.6) is 5.88 Å². The highest BCUT2D eigenvalue weighted by Gasteiger charge is 2.14. The Labute approximate surface area is 104 Å². The lowest BCUT2D eigenvalue weighted by Crippen LogP contribution is -1.91. The van der Waals surface area contributed by atoms with Crippen LogP contribution in [-0.4, -0.2) is 17.3 Å². The van der Waals surface area contributed by atoms with Gasteiger partial charge in [0, 0.05) is 5.56 Å². The van der Waals surface area contributed by atoms with E-state index in [0.717, 1.165) is 22.3 Å². The van der Waals surface area contributed by atoms with E-state index in [1.807, 2.05) is 43.3 Å². The number of nitrogens with zero attached hydrogens (tertiary/aromatic N) is 2. The Morgan fingerprint density at radius 3 is 2.67 bits per heavy atom. The van der Waals surface area contributed by atoms with E-state index in [1.54, 1.807) is 7.11 Å². The molecule has 3 aromatic rings. The number of hydrogen-bond donors (Lipinski definition) is 0. The molecule has 0 radical (unpaired) electrons. The van der Waals surface area contributed by atoms with Crippen molar-refractivity contribution in [2.24, 2.45) is 0 Å². The van der Waals surface area contributed by atoms with E-state index in [0.29, 0.717) is 11.5 Å². The summed E-state index contributed by atoms with van der Waals surface area (Å²) in [5.41, 5.74) is 3.32. The third-order valence-corrected chi connectivity index (χ3v) is 2.87. The Hall–Kier alpha value is -2.36. The molecule has 0 amide bonds. The van der Waals surface area contributed by atoms with Crippen molar-refractivity contribution in [2.45, 2.75) is 6.92 Å². The molecule has 18 heavy (non-hydrogen) atoms. The standard InChI is InChI=1S/C14H12N2O2/c1-9-11-8-12(10-6-4-3-5-7-10)15-14(17-2)13(11)18-16-9/h3-8H,1-2H3. The Bertz CT molecular complexity index is 690. The summed E-state index contributed by atoms with van der Waals surface area (Å²) in [6.45, 7) is 1.90. The Morgan fingerprint density at radius 2 is 1.94 bits per heavy atom. The van der Waals surface area contributed by atoms with Crippen molar-refractivity contribution in [3.05, 3.63) is 42.1 Å². The average molecular weight is 240 g/mol. The lowest BCUT2D eigenvalue weighted by Gasteiger charge is -2.04. The lowest BCUT2D eigenvalue weighted by atomic mass is 10.1. The van der Waals surface area contributed by atoms with Gasteiger partial charge in [-0.1, -0.05) is 35.5 Å². The highest BCUT2D eigenvalue weighted by atomic mass is 16.5. The van der Waals surface area contributed by atoms with Crippen molar-refractivity contribution < 1.29 is 9.26 Å². The molecule has 0 aliphatic carbocycles. The molecular formula is C14H12N2O2. The quantitative estimate of drug-likeness (QED) is 0.690. The molecule has 0 saturated carbocycles. The summed E-state index contributed by atoms with van der Waals surface area (Å²) in [4.78, 5) is 4.45. The zero-order valence-electron chi connectivity index (χ0n) is 10.2. The topological polar surface area (TPSA) is 48.2 Å². The largest absolute Gasteiger partial charge is 0.478 e. The van der Waals surface area contributed by atoms with E-state index >= 15 is 0 Å². The summed E-state index contributed by atoms with van der Waals surface area (Å²) < 4.78 is 10.5. The minimum atomic E-state index is 0.465. The number of fused-ring (bicyclic) bond motifs is 1. The maximum Gasteiger partial charge on any atom is 0.261 e. The number of benzene rings is 1. The van der Waals surface area contributed by atoms with Gasteiger partial charge in [-0.25, -0.2) is 4.98 Å². The third kappa shape index (κ3) is 1.62. The van der Waals surface area contributed by atoms with E-state index in [9.17, 15) is 0 Å². The number of rotatable bonds is 2. The highest BCUT2D eigenvalue weighted by molar-refractivity contribution is 5.87. The first-order chi connectivity index (χ1) is 8.79. The predicted molar refractivity (Wildman–Crippen MR) is 68.5 cm³/mol. The van der Waals surface area contributed by atoms with Gasteiger partial charge in [0.25, 0.3) is 5.88 Å². The highest BCUT2D eigenvalue weighted by Crippen LogP contribution is 2.30. The molecule has 2 heterocycles. The summed E-state index contributed by atoms with van der Waals surface area (Å²) in [5, 5.41) is 4.88. The van der Waals surface area contributed by atoms with Crippen LogP contribution in [0.4, 0.5) is 0 Å². The molecule has 0 aliphatic heterocycles. The van der Waals surface area contributed by atoms with Crippen LogP contribution in [0.2, 0.25) is 0 Å². The van der Waals surface area contributed by atoms with E-state index in [1.165, 1.54) is 0 Å². The summed E-state index contributed by atoms with van der Waals surface area (Å²) in [7, 11) is 1.58. The summed E-state index contributed by atoms with van der Waals surface area (Å²) in [6, 6.07) is 11.9. The third-order valence-electron chi connectivity index (χ3n) is 2.87. The molecule has 2 aromatic heterocycles.